The van der Waals surface area contributed by atoms with Crippen molar-refractivity contribution in [3.8, 4) is 0 Å². The molecule has 0 saturated carbocycles. The number of primary amides is 3. The molecule has 0 unspecified atom stereocenters. The highest BCUT2D eigenvalue weighted by Gasteiger charge is 2.25. The van der Waals surface area contributed by atoms with Crippen molar-refractivity contribution in [2.75, 3.05) is 32.3 Å². The molecule has 14 N–H and O–H groups in total. The molecular weight excluding hydrogens is 1470 g/mol. The SMILES string of the molecule is Cc1ccc(S(=O)(=O)n2ccc3c(Nc4ccc5cnn(C)c5c4)nc(Cl)nc32)cc1.Cc1ccc(S(=O)(=O)n2ccc3c(Nc4ccc5cnn(C)c5c4)nc(Nc4ccc(C(N)=O)cc4)nc32)cc1.Cn1ncc2ccc(Nc3nc(Nc4ccc(C(N)=O)cc4)nc4[nH]ccc34)cc21.NC(=O)c1ccc(N)cc1. The van der Waals surface area contributed by atoms with E-state index < -0.39 is 37.8 Å². The first kappa shape index (κ1) is 73.3. The van der Waals surface area contributed by atoms with Gasteiger partial charge in [-0.05, 0) is 195 Å². The molecule has 17 aromatic rings. The Morgan fingerprint density at radius 2 is 0.766 bits per heavy atom. The molecule has 0 radical (unpaired) electrons. The molecule has 0 bridgehead atoms. The monoisotopic (exact) mass is 1540 g/mol. The number of nitrogen functional groups attached to an aromatic ring is 1. The van der Waals surface area contributed by atoms with E-state index in [1.165, 1.54) is 12.4 Å². The number of halogens is 1. The van der Waals surface area contributed by atoms with Gasteiger partial charge in [-0.1, -0.05) is 35.4 Å². The van der Waals surface area contributed by atoms with Gasteiger partial charge in [0.15, 0.2) is 11.3 Å². The Morgan fingerprint density at radius 3 is 1.17 bits per heavy atom. The third-order valence-electron chi connectivity index (χ3n) is 17.6. The molecule has 31 nitrogen and oxygen atoms in total. The third kappa shape index (κ3) is 15.8. The second-order valence-electron chi connectivity index (χ2n) is 25.3. The molecule has 8 aromatic carbocycles. The number of nitrogens with two attached hydrogens (primary N) is 4. The van der Waals surface area contributed by atoms with Crippen LogP contribution in [-0.4, -0.2) is 107 Å². The van der Waals surface area contributed by atoms with Crippen molar-refractivity contribution in [2.45, 2.75) is 23.6 Å². The average Bonchev–Trinajstić information content (AvgIpc) is 1.64. The number of H-pyrrole nitrogens is 1. The minimum Gasteiger partial charge on any atom is -0.399 e. The zero-order chi connectivity index (χ0) is 78.0. The van der Waals surface area contributed by atoms with E-state index in [1.54, 1.807) is 155 Å². The van der Waals surface area contributed by atoms with E-state index in [0.29, 0.717) is 67.9 Å². The van der Waals surface area contributed by atoms with Crippen molar-refractivity contribution in [2.24, 2.45) is 38.3 Å². The fourth-order valence-corrected chi connectivity index (χ4v) is 14.5. The quantitative estimate of drug-likeness (QED) is 0.0299. The summed E-state index contributed by atoms with van der Waals surface area (Å²) in [7, 11) is -2.17. The number of aromatic amines is 1. The number of nitrogens with one attached hydrogen (secondary N) is 6. The molecule has 0 aliphatic rings. The summed E-state index contributed by atoms with van der Waals surface area (Å²) in [5, 5.41) is 33.9. The van der Waals surface area contributed by atoms with Crippen LogP contribution in [0.3, 0.4) is 0 Å². The largest absolute Gasteiger partial charge is 0.399 e. The average molecular weight is 1540 g/mol. The van der Waals surface area contributed by atoms with Gasteiger partial charge < -0.3 is 54.5 Å². The Balaban J connectivity index is 0.000000131. The van der Waals surface area contributed by atoms with Gasteiger partial charge in [0.1, 0.15) is 23.1 Å². The number of anilines is 11. The van der Waals surface area contributed by atoms with E-state index in [9.17, 15) is 31.2 Å². The van der Waals surface area contributed by atoms with Gasteiger partial charge in [0.05, 0.1) is 61.1 Å². The van der Waals surface area contributed by atoms with Crippen LogP contribution in [0.15, 0.2) is 241 Å². The normalized spacial score (nSPS) is 11.4. The third-order valence-corrected chi connectivity index (χ3v) is 21.2. The number of hydrogen-bond acceptors (Lipinski definition) is 22. The van der Waals surface area contributed by atoms with Gasteiger partial charge in [0, 0.05) is 107 Å². The number of carbonyl (C=O) groups is 3. The lowest BCUT2D eigenvalue weighted by atomic mass is 10.2. The van der Waals surface area contributed by atoms with Crippen LogP contribution in [0, 0.1) is 13.8 Å². The van der Waals surface area contributed by atoms with Gasteiger partial charge in [-0.3, -0.25) is 28.4 Å². The summed E-state index contributed by atoms with van der Waals surface area (Å²) < 4.78 is 61.2. The molecule has 9 aromatic heterocycles. The molecule has 0 saturated heterocycles. The topological polar surface area (TPSA) is 440 Å². The highest BCUT2D eigenvalue weighted by atomic mass is 35.5. The highest BCUT2D eigenvalue weighted by Crippen LogP contribution is 2.35. The highest BCUT2D eigenvalue weighted by molar-refractivity contribution is 7.90. The van der Waals surface area contributed by atoms with Crippen molar-refractivity contribution in [3.05, 3.63) is 264 Å². The molecule has 3 amide bonds. The number of hydrogen-bond donors (Lipinski definition) is 10. The molecule has 0 spiro atoms. The molecule has 111 heavy (non-hydrogen) atoms. The van der Waals surface area contributed by atoms with Gasteiger partial charge in [-0.25, -0.2) is 24.8 Å². The second-order valence-corrected chi connectivity index (χ2v) is 29.3. The molecule has 0 fully saturated rings. The first-order valence-corrected chi connectivity index (χ1v) is 37.0. The lowest BCUT2D eigenvalue weighted by molar-refractivity contribution is 0.0992. The van der Waals surface area contributed by atoms with Crippen LogP contribution < -0.4 is 49.5 Å². The summed E-state index contributed by atoms with van der Waals surface area (Å²) in [4.78, 5) is 63.5. The second kappa shape index (κ2) is 30.4. The molecule has 34 heteroatoms. The van der Waals surface area contributed by atoms with E-state index >= 15 is 0 Å². The fraction of sp³-hybridized carbons (Fsp3) is 0.0649. The van der Waals surface area contributed by atoms with Gasteiger partial charge >= 0.3 is 0 Å². The van der Waals surface area contributed by atoms with E-state index in [-0.39, 0.29) is 32.3 Å². The van der Waals surface area contributed by atoms with Crippen LogP contribution in [0.2, 0.25) is 5.28 Å². The maximum Gasteiger partial charge on any atom is 0.269 e. The number of carbonyl (C=O) groups excluding carboxylic acids is 3. The first-order chi connectivity index (χ1) is 53.3. The Hall–Kier alpha value is -14.6. The number of aryl methyl sites for hydroxylation is 5. The van der Waals surface area contributed by atoms with Crippen molar-refractivity contribution in [3.63, 3.8) is 0 Å². The van der Waals surface area contributed by atoms with Gasteiger partial charge in [0.25, 0.3) is 20.0 Å². The molecular formula is C77H67ClN24O7S2. The first-order valence-electron chi connectivity index (χ1n) is 33.8. The summed E-state index contributed by atoms with van der Waals surface area (Å²) in [5.41, 5.74) is 32.5. The van der Waals surface area contributed by atoms with Crippen molar-refractivity contribution >= 4 is 179 Å². The van der Waals surface area contributed by atoms with Crippen LogP contribution in [0.5, 0.6) is 0 Å². The molecule has 0 aliphatic heterocycles. The minimum absolute atomic E-state index is 0.0596. The standard InChI is InChI=1S/C28H24N8O3S.C21H17ClN6O2S.C21H18N8O.C7H8N2O/c1-17-3-11-22(12-4-17)40(38,39)36-14-13-23-26(31-21-10-7-19-16-30-35(2)24(19)15-21)33-28(34-27(23)36)32-20-8-5-18(6-9-20)25(29)37;1-13-3-7-16(8-4-13)31(29,30)28-10-9-17-19(25-21(22)26-20(17)28)24-15-6-5-14-12-23-27(2)18(14)11-15;1-29-17-10-15(7-4-13(17)11-24-29)25-20-16-8-9-23-19(16)27-21(28-20)26-14-5-2-12(3-6-14)18(22)30;8-6-3-1-5(2-4-6)7(9)10/h3-16H,1-2H3,(H2,29,37)(H2,31,32,33,34);3-12H,1-2H3,(H,24,25,26);2-11H,1H3,(H2,22,30)(H3,23,25,26,27,28);1-4H,8H2,(H2,9,10). The molecule has 0 atom stereocenters. The van der Waals surface area contributed by atoms with Gasteiger partial charge in [-0.2, -0.15) is 45.2 Å². The van der Waals surface area contributed by atoms with E-state index in [4.69, 9.17) is 34.5 Å². The van der Waals surface area contributed by atoms with E-state index in [0.717, 1.165) is 79.9 Å². The Bertz CT molecular complexity index is 6660. The van der Waals surface area contributed by atoms with Crippen LogP contribution >= 0.6 is 11.6 Å². The predicted octanol–water partition coefficient (Wildman–Crippen LogP) is 12.5. The molecule has 9 heterocycles. The Labute approximate surface area is 637 Å². The fourth-order valence-electron chi connectivity index (χ4n) is 11.7. The zero-order valence-corrected chi connectivity index (χ0v) is 62.0. The van der Waals surface area contributed by atoms with Crippen LogP contribution in [0.4, 0.5) is 63.5 Å². The van der Waals surface area contributed by atoms with E-state index in [2.05, 4.69) is 76.8 Å². The molecule has 0 aliphatic carbocycles. The summed E-state index contributed by atoms with van der Waals surface area (Å²) in [5.74, 6) is 0.611. The maximum atomic E-state index is 13.6. The Morgan fingerprint density at radius 1 is 0.405 bits per heavy atom. The number of nitrogens with zero attached hydrogens (tertiary/aromatic N) is 14. The number of aromatic nitrogens is 15. The van der Waals surface area contributed by atoms with Crippen molar-refractivity contribution in [1.29, 1.82) is 0 Å². The maximum absolute atomic E-state index is 13.6. The van der Waals surface area contributed by atoms with Crippen molar-refractivity contribution in [1.82, 2.24) is 72.2 Å². The molecule has 17 rings (SSSR count). The summed E-state index contributed by atoms with van der Waals surface area (Å²) in [6.07, 6.45) is 10.1. The molecule has 556 valence electrons. The predicted molar refractivity (Wildman–Crippen MR) is 429 cm³/mol. The number of rotatable bonds is 17. The van der Waals surface area contributed by atoms with Crippen LogP contribution in [0.25, 0.3) is 65.8 Å². The number of benzene rings is 8. The number of amides is 3. The summed E-state index contributed by atoms with van der Waals surface area (Å²) in [6.45, 7) is 3.79. The number of fused-ring (bicyclic) bond motifs is 6. The zero-order valence-electron chi connectivity index (χ0n) is 59.6. The van der Waals surface area contributed by atoms with Gasteiger partial charge in [-0.15, -0.1) is 0 Å². The summed E-state index contributed by atoms with van der Waals surface area (Å²) in [6, 6.07) is 55.9. The van der Waals surface area contributed by atoms with E-state index in [1.807, 2.05) is 113 Å². The van der Waals surface area contributed by atoms with Gasteiger partial charge in [0.2, 0.25) is 34.9 Å². The summed E-state index contributed by atoms with van der Waals surface area (Å²) >= 11 is 6.15. The lowest BCUT2D eigenvalue weighted by Crippen LogP contribution is -2.13. The smallest absolute Gasteiger partial charge is 0.269 e. The van der Waals surface area contributed by atoms with Crippen molar-refractivity contribution < 1.29 is 31.2 Å². The lowest BCUT2D eigenvalue weighted by Gasteiger charge is -2.13. The van der Waals surface area contributed by atoms with Crippen LogP contribution in [-0.2, 0) is 41.2 Å². The Kier molecular flexibility index (Phi) is 20.1. The van der Waals surface area contributed by atoms with Crippen LogP contribution in [0.1, 0.15) is 42.2 Å². The minimum atomic E-state index is -3.95.